The van der Waals surface area contributed by atoms with E-state index in [2.05, 4.69) is 33.8 Å². The van der Waals surface area contributed by atoms with E-state index in [0.29, 0.717) is 53.1 Å². The summed E-state index contributed by atoms with van der Waals surface area (Å²) >= 11 is 6.24. The summed E-state index contributed by atoms with van der Waals surface area (Å²) in [5, 5.41) is 23.2. The van der Waals surface area contributed by atoms with Crippen molar-refractivity contribution in [2.24, 2.45) is 52.3 Å². The average Bonchev–Trinajstić information content (AvgIpc) is 3.59. The summed E-state index contributed by atoms with van der Waals surface area (Å²) in [5.41, 5.74) is 1.56. The monoisotopic (exact) mass is 599 g/mol. The van der Waals surface area contributed by atoms with E-state index in [1.165, 1.54) is 25.7 Å². The molecule has 5 nitrogen and oxygen atoms in total. The minimum Gasteiger partial charge on any atom is -0.449 e. The summed E-state index contributed by atoms with van der Waals surface area (Å²) in [6.45, 7) is 10.9. The highest BCUT2D eigenvalue weighted by atomic mass is 35.5. The minimum atomic E-state index is -0.254. The van der Waals surface area contributed by atoms with Gasteiger partial charge >= 0.3 is 6.09 Å². The fourth-order valence-corrected chi connectivity index (χ4v) is 11.8. The zero-order valence-corrected chi connectivity index (χ0v) is 27.1. The van der Waals surface area contributed by atoms with Gasteiger partial charge in [-0.2, -0.15) is 0 Å². The maximum Gasteiger partial charge on any atom is 0.410 e. The summed E-state index contributed by atoms with van der Waals surface area (Å²) in [6.07, 6.45) is 10.9. The predicted octanol–water partition coefficient (Wildman–Crippen LogP) is 8.27. The van der Waals surface area contributed by atoms with Crippen LogP contribution in [0.3, 0.4) is 0 Å². The number of halogens is 1. The third kappa shape index (κ3) is 5.11. The zero-order chi connectivity index (χ0) is 29.8. The molecule has 5 fully saturated rings. The second kappa shape index (κ2) is 11.9. The van der Waals surface area contributed by atoms with Crippen molar-refractivity contribution in [1.29, 1.82) is 0 Å². The van der Waals surface area contributed by atoms with E-state index in [4.69, 9.17) is 16.3 Å². The lowest BCUT2D eigenvalue weighted by Crippen LogP contribution is -2.62. The number of rotatable bonds is 6. The molecular formula is C36H54ClNO4. The van der Waals surface area contributed by atoms with Gasteiger partial charge in [-0.15, -0.1) is 0 Å². The summed E-state index contributed by atoms with van der Waals surface area (Å²) in [5.74, 6) is 3.30. The second-order valence-electron chi connectivity index (χ2n) is 15.4. The zero-order valence-electron chi connectivity index (χ0n) is 26.3. The number of amides is 1. The Morgan fingerprint density at radius 1 is 1.07 bits per heavy atom. The Hall–Kier alpha value is -1.30. The third-order valence-electron chi connectivity index (χ3n) is 13.7. The molecule has 1 saturated heterocycles. The van der Waals surface area contributed by atoms with E-state index < -0.39 is 0 Å². The van der Waals surface area contributed by atoms with Crippen molar-refractivity contribution in [3.63, 3.8) is 0 Å². The first-order valence-electron chi connectivity index (χ1n) is 17.1. The summed E-state index contributed by atoms with van der Waals surface area (Å²) in [6, 6.07) is 7.90. The molecule has 1 aromatic carbocycles. The Bertz CT molecular complexity index is 1130. The summed E-state index contributed by atoms with van der Waals surface area (Å²) in [7, 11) is 0. The van der Waals surface area contributed by atoms with E-state index >= 15 is 0 Å². The van der Waals surface area contributed by atoms with Crippen LogP contribution in [0.1, 0.15) is 110 Å². The molecule has 0 spiro atoms. The SMILES string of the molecule is CC[C@H]1[C@@H](O)[C@@H]2[C@H](CC[C@]3(C)[C@@H]([C@H](C)CCOC(=O)N4CCCC4c4cccc(Cl)c4)CC[C@@H]23)[C@@]2(C)CC[C@@H](O)C[C@@H]12. The molecular weight excluding hydrogens is 546 g/mol. The maximum atomic E-state index is 13.2. The lowest BCUT2D eigenvalue weighted by atomic mass is 9.41. The van der Waals surface area contributed by atoms with Crippen molar-refractivity contribution in [2.75, 3.05) is 13.2 Å². The molecule has 1 unspecified atom stereocenters. The van der Waals surface area contributed by atoms with Crippen LogP contribution in [0.15, 0.2) is 24.3 Å². The fraction of sp³-hybridized carbons (Fsp3) is 0.806. The minimum absolute atomic E-state index is 0.0426. The molecule has 1 aliphatic heterocycles. The Balaban J connectivity index is 1.09. The number of aliphatic hydroxyl groups is 2. The Morgan fingerprint density at radius 3 is 2.60 bits per heavy atom. The van der Waals surface area contributed by atoms with Gasteiger partial charge in [0.05, 0.1) is 24.9 Å². The number of hydrogen-bond donors (Lipinski definition) is 2. The first kappa shape index (κ1) is 30.7. The average molecular weight is 600 g/mol. The van der Waals surface area contributed by atoms with Crippen molar-refractivity contribution in [1.82, 2.24) is 4.90 Å². The first-order valence-corrected chi connectivity index (χ1v) is 17.5. The number of nitrogens with zero attached hydrogens (tertiary/aromatic N) is 1. The molecule has 0 radical (unpaired) electrons. The predicted molar refractivity (Wildman–Crippen MR) is 167 cm³/mol. The Labute approximate surface area is 258 Å². The number of hydrogen-bond acceptors (Lipinski definition) is 4. The Morgan fingerprint density at radius 2 is 1.83 bits per heavy atom. The number of aliphatic hydroxyl groups excluding tert-OH is 2. The summed E-state index contributed by atoms with van der Waals surface area (Å²) in [4.78, 5) is 15.0. The molecule has 42 heavy (non-hydrogen) atoms. The van der Waals surface area contributed by atoms with Crippen molar-refractivity contribution < 1.29 is 19.7 Å². The van der Waals surface area contributed by atoms with Crippen LogP contribution in [0.2, 0.25) is 5.02 Å². The van der Waals surface area contributed by atoms with Crippen molar-refractivity contribution in [3.05, 3.63) is 34.9 Å². The lowest BCUT2D eigenvalue weighted by molar-refractivity contribution is -0.203. The van der Waals surface area contributed by atoms with E-state index in [0.717, 1.165) is 57.1 Å². The van der Waals surface area contributed by atoms with E-state index in [-0.39, 0.29) is 35.2 Å². The normalized spacial score (nSPS) is 43.8. The molecule has 1 amide bonds. The van der Waals surface area contributed by atoms with Crippen LogP contribution in [0.25, 0.3) is 0 Å². The number of ether oxygens (including phenoxy) is 1. The lowest BCUT2D eigenvalue weighted by Gasteiger charge is -2.64. The highest BCUT2D eigenvalue weighted by Gasteiger charge is 2.64. The van der Waals surface area contributed by atoms with E-state index in [1.807, 2.05) is 23.1 Å². The molecule has 2 N–H and O–H groups in total. The quantitative estimate of drug-likeness (QED) is 0.345. The largest absolute Gasteiger partial charge is 0.449 e. The van der Waals surface area contributed by atoms with Crippen LogP contribution >= 0.6 is 11.6 Å². The van der Waals surface area contributed by atoms with Crippen LogP contribution in [0.4, 0.5) is 4.79 Å². The van der Waals surface area contributed by atoms with Gasteiger partial charge in [-0.3, -0.25) is 0 Å². The molecule has 12 atom stereocenters. The van der Waals surface area contributed by atoms with E-state index in [1.54, 1.807) is 0 Å². The molecule has 1 heterocycles. The van der Waals surface area contributed by atoms with Crippen LogP contribution in [-0.4, -0.2) is 46.6 Å². The molecule has 5 aliphatic rings. The van der Waals surface area contributed by atoms with Gasteiger partial charge < -0.3 is 19.8 Å². The summed E-state index contributed by atoms with van der Waals surface area (Å²) < 4.78 is 5.91. The molecule has 4 aliphatic carbocycles. The number of carbonyl (C=O) groups is 1. The van der Waals surface area contributed by atoms with Gasteiger partial charge in [-0.05, 0) is 134 Å². The first-order chi connectivity index (χ1) is 20.1. The fourth-order valence-electron chi connectivity index (χ4n) is 11.6. The van der Waals surface area contributed by atoms with Crippen LogP contribution in [-0.2, 0) is 4.74 Å². The van der Waals surface area contributed by atoms with Crippen LogP contribution in [0.5, 0.6) is 0 Å². The molecule has 0 bridgehead atoms. The maximum absolute atomic E-state index is 13.2. The Kier molecular flexibility index (Phi) is 8.70. The molecule has 234 valence electrons. The van der Waals surface area contributed by atoms with Gasteiger partial charge in [0.15, 0.2) is 0 Å². The molecule has 6 rings (SSSR count). The van der Waals surface area contributed by atoms with Gasteiger partial charge in [0.1, 0.15) is 0 Å². The molecule has 4 saturated carbocycles. The number of carbonyl (C=O) groups excluding carboxylic acids is 1. The van der Waals surface area contributed by atoms with Gasteiger partial charge in [-0.25, -0.2) is 4.79 Å². The van der Waals surface area contributed by atoms with Crippen LogP contribution in [0, 0.1) is 52.3 Å². The molecule has 6 heteroatoms. The van der Waals surface area contributed by atoms with Gasteiger partial charge in [0.2, 0.25) is 0 Å². The number of likely N-dealkylation sites (tertiary alicyclic amines) is 1. The number of benzene rings is 1. The van der Waals surface area contributed by atoms with Gasteiger partial charge in [-0.1, -0.05) is 57.8 Å². The smallest absolute Gasteiger partial charge is 0.410 e. The van der Waals surface area contributed by atoms with Crippen molar-refractivity contribution in [2.45, 2.75) is 117 Å². The highest BCUT2D eigenvalue weighted by molar-refractivity contribution is 6.30. The topological polar surface area (TPSA) is 70.0 Å². The van der Waals surface area contributed by atoms with E-state index in [9.17, 15) is 15.0 Å². The van der Waals surface area contributed by atoms with Crippen molar-refractivity contribution in [3.8, 4) is 0 Å². The second-order valence-corrected chi connectivity index (χ2v) is 15.8. The third-order valence-corrected chi connectivity index (χ3v) is 13.9. The van der Waals surface area contributed by atoms with Gasteiger partial charge in [0, 0.05) is 11.6 Å². The molecule has 1 aromatic rings. The highest BCUT2D eigenvalue weighted by Crippen LogP contribution is 2.69. The van der Waals surface area contributed by atoms with Crippen LogP contribution < -0.4 is 0 Å². The standard InChI is InChI=1S/C36H54ClNO4/c1-5-26-30-21-25(39)13-16-36(30,4)29-14-17-35(3)27(11-12-28(35)32(29)33(26)40)22(2)15-19-42-34(41)38-18-7-10-31(38)23-8-6-9-24(37)20-23/h6,8-9,20,22,25-33,39-40H,5,7,10-19,21H2,1-4H3/t22-,25-,26-,27-,28+,29+,30+,31?,32+,33-,35-,36-/m1/s1. The number of fused-ring (bicyclic) bond motifs is 5. The van der Waals surface area contributed by atoms with Crippen molar-refractivity contribution >= 4 is 17.7 Å². The van der Waals surface area contributed by atoms with Gasteiger partial charge in [0.25, 0.3) is 0 Å². The molecule has 0 aromatic heterocycles.